The van der Waals surface area contributed by atoms with Crippen LogP contribution in [0.2, 0.25) is 0 Å². The number of hydrogen-bond acceptors (Lipinski definition) is 4. The van der Waals surface area contributed by atoms with Gasteiger partial charge in [0.15, 0.2) is 5.69 Å². The largest absolute Gasteiger partial charge is 0.493 e. The number of carbonyl (C=O) groups excluding carboxylic acids is 2. The third kappa shape index (κ3) is 4.62. The van der Waals surface area contributed by atoms with Gasteiger partial charge in [-0.15, -0.1) is 10.2 Å². The highest BCUT2D eigenvalue weighted by Gasteiger charge is 2.16. The zero-order valence-corrected chi connectivity index (χ0v) is 17.2. The van der Waals surface area contributed by atoms with Gasteiger partial charge in [-0.3, -0.25) is 9.59 Å². The van der Waals surface area contributed by atoms with Crippen LogP contribution in [0.4, 0.5) is 5.69 Å². The number of aromatic hydroxyl groups is 1. The maximum Gasteiger partial charge on any atom is 0.311 e. The van der Waals surface area contributed by atoms with E-state index in [1.165, 1.54) is 6.08 Å². The molecule has 7 nitrogen and oxygen atoms in total. The average Bonchev–Trinajstić information content (AvgIpc) is 3.12. The van der Waals surface area contributed by atoms with Crippen LogP contribution in [0.15, 0.2) is 94.8 Å². The lowest BCUT2D eigenvalue weighted by molar-refractivity contribution is -0.115. The van der Waals surface area contributed by atoms with Crippen LogP contribution in [-0.2, 0) is 4.79 Å². The maximum absolute atomic E-state index is 12.9. The number of amides is 2. The number of nitrogens with zero attached hydrogens (tertiary/aromatic N) is 2. The number of fused-ring (bicyclic) bond motifs is 1. The van der Waals surface area contributed by atoms with E-state index in [-0.39, 0.29) is 17.3 Å². The number of rotatable bonds is 5. The number of hydrogen-bond donors (Lipinski definition) is 3. The quantitative estimate of drug-likeness (QED) is 0.300. The van der Waals surface area contributed by atoms with Crippen LogP contribution in [0.3, 0.4) is 0 Å². The lowest BCUT2D eigenvalue weighted by Gasteiger charge is -2.07. The monoisotopic (exact) mass is 424 g/mol. The molecule has 0 fully saturated rings. The van der Waals surface area contributed by atoms with Crippen LogP contribution in [0.1, 0.15) is 21.5 Å². The van der Waals surface area contributed by atoms with Crippen molar-refractivity contribution < 1.29 is 14.7 Å². The fourth-order valence-electron chi connectivity index (χ4n) is 3.18. The molecule has 3 N–H and O–H groups in total. The van der Waals surface area contributed by atoms with Crippen molar-refractivity contribution in [2.24, 2.45) is 10.2 Å². The van der Waals surface area contributed by atoms with Crippen molar-refractivity contribution >= 4 is 34.5 Å². The van der Waals surface area contributed by atoms with Gasteiger partial charge >= 0.3 is 5.91 Å². The highest BCUT2D eigenvalue weighted by molar-refractivity contribution is 6.05. The summed E-state index contributed by atoms with van der Waals surface area (Å²) in [7, 11) is 0. The van der Waals surface area contributed by atoms with Gasteiger partial charge in [0, 0.05) is 10.9 Å². The summed E-state index contributed by atoms with van der Waals surface area (Å²) in [6.45, 7) is 1.91. The van der Waals surface area contributed by atoms with Crippen LogP contribution >= 0.6 is 0 Å². The molecule has 158 valence electrons. The summed E-state index contributed by atoms with van der Waals surface area (Å²) in [4.78, 5) is 28.3. The van der Waals surface area contributed by atoms with Gasteiger partial charge < -0.3 is 15.4 Å². The van der Waals surface area contributed by atoms with E-state index >= 15 is 0 Å². The van der Waals surface area contributed by atoms with Crippen molar-refractivity contribution in [3.05, 3.63) is 101 Å². The predicted octanol–water partition coefficient (Wildman–Crippen LogP) is 5.26. The molecule has 3 aromatic carbocycles. The normalized spacial score (nSPS) is 11.7. The summed E-state index contributed by atoms with van der Waals surface area (Å²) < 4.78 is 0. The Morgan fingerprint density at radius 2 is 1.66 bits per heavy atom. The molecule has 0 unspecified atom stereocenters. The second-order valence-electron chi connectivity index (χ2n) is 7.17. The van der Waals surface area contributed by atoms with E-state index < -0.39 is 11.8 Å². The summed E-state index contributed by atoms with van der Waals surface area (Å²) in [5.74, 6) is -1.38. The molecule has 32 heavy (non-hydrogen) atoms. The van der Waals surface area contributed by atoms with E-state index in [0.717, 1.165) is 5.56 Å². The van der Waals surface area contributed by atoms with E-state index in [1.807, 2.05) is 43.3 Å². The Morgan fingerprint density at radius 1 is 0.969 bits per heavy atom. The Kier molecular flexibility index (Phi) is 5.89. The number of benzene rings is 3. The molecule has 4 aromatic rings. The molecule has 0 aliphatic rings. The van der Waals surface area contributed by atoms with E-state index in [4.69, 9.17) is 0 Å². The molecule has 0 aliphatic carbocycles. The molecule has 1 aromatic heterocycles. The lowest BCUT2D eigenvalue weighted by atomic mass is 10.1. The van der Waals surface area contributed by atoms with Gasteiger partial charge in [0.05, 0.1) is 5.52 Å². The average molecular weight is 424 g/mol. The second kappa shape index (κ2) is 9.09. The molecule has 0 saturated carbocycles. The van der Waals surface area contributed by atoms with E-state index in [2.05, 4.69) is 20.5 Å². The third-order valence-electron chi connectivity index (χ3n) is 4.77. The predicted molar refractivity (Wildman–Crippen MR) is 123 cm³/mol. The number of H-pyrrole nitrogens is 1. The van der Waals surface area contributed by atoms with Crippen LogP contribution < -0.4 is 5.32 Å². The second-order valence-corrected chi connectivity index (χ2v) is 7.17. The number of nitrogens with one attached hydrogen (secondary N) is 2. The topological polar surface area (TPSA) is 107 Å². The summed E-state index contributed by atoms with van der Waals surface area (Å²) in [5, 5.41) is 21.2. The van der Waals surface area contributed by atoms with E-state index in [0.29, 0.717) is 22.0 Å². The first kappa shape index (κ1) is 20.7. The number of aryl methyl sites for hydroxylation is 1. The molecule has 0 atom stereocenters. The van der Waals surface area contributed by atoms with Crippen molar-refractivity contribution in [3.63, 3.8) is 0 Å². The number of aromatic nitrogens is 1. The van der Waals surface area contributed by atoms with Gasteiger partial charge in [0.25, 0.3) is 5.91 Å². The SMILES string of the molecule is Cc1ccc2[nH]c(O)c(N=NC(=O)/C(=C/c3ccccc3)NC(=O)c3ccccc3)c2c1. The lowest BCUT2D eigenvalue weighted by Crippen LogP contribution is -2.26. The van der Waals surface area contributed by atoms with Crippen LogP contribution in [-0.4, -0.2) is 21.9 Å². The Labute approximate surface area is 184 Å². The van der Waals surface area contributed by atoms with Gasteiger partial charge in [-0.05, 0) is 42.8 Å². The summed E-state index contributed by atoms with van der Waals surface area (Å²) >= 11 is 0. The van der Waals surface area contributed by atoms with Gasteiger partial charge in [-0.2, -0.15) is 0 Å². The Bertz CT molecular complexity index is 1340. The molecule has 0 bridgehead atoms. The van der Waals surface area contributed by atoms with Crippen molar-refractivity contribution in [3.8, 4) is 5.88 Å². The molecule has 0 saturated heterocycles. The first-order valence-corrected chi connectivity index (χ1v) is 9.92. The molecular formula is C25H20N4O3. The van der Waals surface area contributed by atoms with Crippen molar-refractivity contribution in [1.29, 1.82) is 0 Å². The minimum atomic E-state index is -0.750. The molecule has 2 amide bonds. The smallest absolute Gasteiger partial charge is 0.311 e. The fraction of sp³-hybridized carbons (Fsp3) is 0.0400. The van der Waals surface area contributed by atoms with Gasteiger partial charge in [0.1, 0.15) is 5.70 Å². The Hall–Kier alpha value is -4.52. The fourth-order valence-corrected chi connectivity index (χ4v) is 3.18. The van der Waals surface area contributed by atoms with Crippen molar-refractivity contribution in [2.45, 2.75) is 6.92 Å². The van der Waals surface area contributed by atoms with Crippen LogP contribution in [0.5, 0.6) is 5.88 Å². The highest BCUT2D eigenvalue weighted by Crippen LogP contribution is 2.36. The third-order valence-corrected chi connectivity index (χ3v) is 4.77. The Balaban J connectivity index is 1.66. The first-order chi connectivity index (χ1) is 15.5. The van der Waals surface area contributed by atoms with Gasteiger partial charge in [-0.25, -0.2) is 0 Å². The summed E-state index contributed by atoms with van der Waals surface area (Å²) in [5.41, 5.74) is 2.88. The molecule has 0 aliphatic heterocycles. The summed E-state index contributed by atoms with van der Waals surface area (Å²) in [6, 6.07) is 23.2. The zero-order valence-electron chi connectivity index (χ0n) is 17.2. The molecule has 4 rings (SSSR count). The van der Waals surface area contributed by atoms with E-state index in [9.17, 15) is 14.7 Å². The first-order valence-electron chi connectivity index (χ1n) is 9.92. The Morgan fingerprint density at radius 3 is 2.38 bits per heavy atom. The molecule has 7 heteroatoms. The highest BCUT2D eigenvalue weighted by atomic mass is 16.3. The standard InChI is InChI=1S/C25H20N4O3/c1-16-12-13-20-19(14-16)22(25(32)26-20)28-29-24(31)21(15-17-8-4-2-5-9-17)27-23(30)18-10-6-3-7-11-18/h2-15,26,32H,1H3,(H,27,30)/b21-15-,29-28?. The van der Waals surface area contributed by atoms with Gasteiger partial charge in [0.2, 0.25) is 5.88 Å². The van der Waals surface area contributed by atoms with Crippen LogP contribution in [0.25, 0.3) is 17.0 Å². The van der Waals surface area contributed by atoms with Crippen molar-refractivity contribution in [1.82, 2.24) is 10.3 Å². The molecule has 0 radical (unpaired) electrons. The summed E-state index contributed by atoms with van der Waals surface area (Å²) in [6.07, 6.45) is 1.53. The molecule has 0 spiro atoms. The molecule has 1 heterocycles. The minimum Gasteiger partial charge on any atom is -0.493 e. The van der Waals surface area contributed by atoms with Crippen LogP contribution in [0, 0.1) is 6.92 Å². The number of aromatic amines is 1. The maximum atomic E-state index is 12.9. The number of azo groups is 1. The zero-order chi connectivity index (χ0) is 22.5. The molecular weight excluding hydrogens is 404 g/mol. The van der Waals surface area contributed by atoms with Crippen molar-refractivity contribution in [2.75, 3.05) is 0 Å². The van der Waals surface area contributed by atoms with Gasteiger partial charge in [-0.1, -0.05) is 60.2 Å². The number of carbonyl (C=O) groups is 2. The minimum absolute atomic E-state index is 0.0377. The van der Waals surface area contributed by atoms with E-state index in [1.54, 1.807) is 42.5 Å².